The zero-order valence-electron chi connectivity index (χ0n) is 11.2. The molecule has 0 heterocycles. The summed E-state index contributed by atoms with van der Waals surface area (Å²) in [6, 6.07) is 7.00. The van der Waals surface area contributed by atoms with E-state index in [1.807, 2.05) is 13.8 Å². The van der Waals surface area contributed by atoms with E-state index in [-0.39, 0.29) is 6.29 Å². The predicted molar refractivity (Wildman–Crippen MR) is 73.3 cm³/mol. The van der Waals surface area contributed by atoms with Gasteiger partial charge in [-0.05, 0) is 26.0 Å². The molecule has 104 valence electrons. The van der Waals surface area contributed by atoms with Gasteiger partial charge in [-0.1, -0.05) is 11.6 Å². The molecule has 0 spiro atoms. The molecule has 0 aromatic heterocycles. The third kappa shape index (κ3) is 5.48. The van der Waals surface area contributed by atoms with Crippen LogP contribution in [0.2, 0.25) is 5.02 Å². The molecule has 0 unspecified atom stereocenters. The normalized spacial score (nSPS) is 10.5. The molecule has 0 aliphatic carbocycles. The lowest BCUT2D eigenvalue weighted by Crippen LogP contribution is -2.20. The van der Waals surface area contributed by atoms with Crippen molar-refractivity contribution < 1.29 is 14.2 Å². The maximum absolute atomic E-state index is 8.96. The summed E-state index contributed by atoms with van der Waals surface area (Å²) in [5.74, 6) is 0.488. The van der Waals surface area contributed by atoms with Crippen molar-refractivity contribution in [1.29, 1.82) is 5.26 Å². The molecule has 4 nitrogen and oxygen atoms in total. The van der Waals surface area contributed by atoms with E-state index in [4.69, 9.17) is 31.1 Å². The van der Waals surface area contributed by atoms with Crippen LogP contribution in [0.1, 0.15) is 25.8 Å². The third-order valence-corrected chi connectivity index (χ3v) is 2.62. The van der Waals surface area contributed by atoms with Crippen molar-refractivity contribution in [3.8, 4) is 11.8 Å². The number of hydrogen-bond acceptors (Lipinski definition) is 4. The van der Waals surface area contributed by atoms with E-state index in [9.17, 15) is 0 Å². The Balaban J connectivity index is 2.52. The molecule has 0 radical (unpaired) electrons. The van der Waals surface area contributed by atoms with E-state index < -0.39 is 0 Å². The monoisotopic (exact) mass is 283 g/mol. The first-order valence-electron chi connectivity index (χ1n) is 6.26. The van der Waals surface area contributed by atoms with Gasteiger partial charge in [0, 0.05) is 30.7 Å². The van der Waals surface area contributed by atoms with Crippen molar-refractivity contribution in [1.82, 2.24) is 0 Å². The number of halogens is 1. The van der Waals surface area contributed by atoms with E-state index in [0.29, 0.717) is 42.6 Å². The lowest BCUT2D eigenvalue weighted by Gasteiger charge is -2.17. The van der Waals surface area contributed by atoms with Crippen LogP contribution in [0.15, 0.2) is 18.2 Å². The van der Waals surface area contributed by atoms with Gasteiger partial charge >= 0.3 is 0 Å². The van der Waals surface area contributed by atoms with Gasteiger partial charge in [-0.25, -0.2) is 0 Å². The summed E-state index contributed by atoms with van der Waals surface area (Å²) in [6.07, 6.45) is 0.318. The fourth-order valence-electron chi connectivity index (χ4n) is 1.56. The second-order valence-electron chi connectivity index (χ2n) is 3.73. The van der Waals surface area contributed by atoms with Crippen molar-refractivity contribution in [2.45, 2.75) is 26.6 Å². The Hall–Kier alpha value is -1.28. The molecule has 0 N–H and O–H groups in total. The zero-order valence-corrected chi connectivity index (χ0v) is 11.9. The van der Waals surface area contributed by atoms with Gasteiger partial charge < -0.3 is 14.2 Å². The van der Waals surface area contributed by atoms with Crippen LogP contribution in [0.4, 0.5) is 0 Å². The number of benzene rings is 1. The van der Waals surface area contributed by atoms with Crippen LogP contribution in [0, 0.1) is 11.3 Å². The van der Waals surface area contributed by atoms with Crippen LogP contribution in [0.3, 0.4) is 0 Å². The molecule has 0 aliphatic heterocycles. The van der Waals surface area contributed by atoms with Crippen molar-refractivity contribution in [3.63, 3.8) is 0 Å². The molecule has 0 fully saturated rings. The minimum atomic E-state index is -0.278. The largest absolute Gasteiger partial charge is 0.492 e. The summed E-state index contributed by atoms with van der Waals surface area (Å²) in [6.45, 7) is 5.41. The Labute approximate surface area is 118 Å². The van der Waals surface area contributed by atoms with E-state index >= 15 is 0 Å². The van der Waals surface area contributed by atoms with Crippen LogP contribution in [0.25, 0.3) is 0 Å². The summed E-state index contributed by atoms with van der Waals surface area (Å²) in [4.78, 5) is 0. The molecule has 0 aliphatic rings. The maximum Gasteiger partial charge on any atom is 0.160 e. The number of rotatable bonds is 8. The number of hydrogen-bond donors (Lipinski definition) is 0. The molecular formula is C14H18ClNO3. The Morgan fingerprint density at radius 1 is 1.26 bits per heavy atom. The predicted octanol–water partition coefficient (Wildman–Crippen LogP) is 3.38. The molecule has 0 amide bonds. The molecule has 1 rings (SSSR count). The van der Waals surface area contributed by atoms with Crippen molar-refractivity contribution in [2.24, 2.45) is 0 Å². The average molecular weight is 284 g/mol. The van der Waals surface area contributed by atoms with Gasteiger partial charge in [-0.3, -0.25) is 0 Å². The highest BCUT2D eigenvalue weighted by Crippen LogP contribution is 2.23. The molecular weight excluding hydrogens is 266 g/mol. The standard InChI is InChI=1S/C14H18ClNO3/c1-3-17-14(18-4-2)7-8-19-13-9-12(15)6-5-11(13)10-16/h5-6,9,14H,3-4,7-8H2,1-2H3. The molecule has 0 bridgehead atoms. The zero-order chi connectivity index (χ0) is 14.1. The molecule has 5 heteroatoms. The van der Waals surface area contributed by atoms with Gasteiger partial charge in [-0.2, -0.15) is 5.26 Å². The topological polar surface area (TPSA) is 51.5 Å². The quantitative estimate of drug-likeness (QED) is 0.686. The van der Waals surface area contributed by atoms with Crippen molar-refractivity contribution in [2.75, 3.05) is 19.8 Å². The minimum absolute atomic E-state index is 0.278. The van der Waals surface area contributed by atoms with E-state index in [0.717, 1.165) is 0 Å². The Kier molecular flexibility index (Phi) is 7.27. The second-order valence-corrected chi connectivity index (χ2v) is 4.17. The maximum atomic E-state index is 8.96. The van der Waals surface area contributed by atoms with E-state index in [2.05, 4.69) is 6.07 Å². The highest BCUT2D eigenvalue weighted by atomic mass is 35.5. The number of ether oxygens (including phenoxy) is 3. The molecule has 1 aromatic carbocycles. The van der Waals surface area contributed by atoms with E-state index in [1.54, 1.807) is 18.2 Å². The first-order valence-corrected chi connectivity index (χ1v) is 6.64. The molecule has 0 saturated heterocycles. The number of nitriles is 1. The van der Waals surface area contributed by atoms with Gasteiger partial charge in [0.2, 0.25) is 0 Å². The highest BCUT2D eigenvalue weighted by Gasteiger charge is 2.09. The van der Waals surface area contributed by atoms with Gasteiger partial charge in [0.25, 0.3) is 0 Å². The fourth-order valence-corrected chi connectivity index (χ4v) is 1.72. The molecule has 0 atom stereocenters. The Bertz CT molecular complexity index is 425. The van der Waals surface area contributed by atoms with Crippen LogP contribution >= 0.6 is 11.6 Å². The molecule has 19 heavy (non-hydrogen) atoms. The third-order valence-electron chi connectivity index (χ3n) is 2.38. The van der Waals surface area contributed by atoms with Crippen LogP contribution < -0.4 is 4.74 Å². The van der Waals surface area contributed by atoms with Crippen LogP contribution in [-0.4, -0.2) is 26.1 Å². The van der Waals surface area contributed by atoms with Crippen LogP contribution in [0.5, 0.6) is 5.75 Å². The van der Waals surface area contributed by atoms with Gasteiger partial charge in [0.1, 0.15) is 11.8 Å². The summed E-state index contributed by atoms with van der Waals surface area (Å²) in [5, 5.41) is 9.51. The SMILES string of the molecule is CCOC(CCOc1cc(Cl)ccc1C#N)OCC. The van der Waals surface area contributed by atoms with Crippen LogP contribution in [-0.2, 0) is 9.47 Å². The lowest BCUT2D eigenvalue weighted by molar-refractivity contribution is -0.142. The second kappa shape index (κ2) is 8.76. The minimum Gasteiger partial charge on any atom is -0.492 e. The van der Waals surface area contributed by atoms with Gasteiger partial charge in [0.05, 0.1) is 12.2 Å². The highest BCUT2D eigenvalue weighted by molar-refractivity contribution is 6.30. The fraction of sp³-hybridized carbons (Fsp3) is 0.500. The first-order chi connectivity index (χ1) is 9.21. The summed E-state index contributed by atoms with van der Waals surface area (Å²) in [7, 11) is 0. The number of nitrogens with zero attached hydrogens (tertiary/aromatic N) is 1. The van der Waals surface area contributed by atoms with Crippen molar-refractivity contribution in [3.05, 3.63) is 28.8 Å². The smallest absolute Gasteiger partial charge is 0.160 e. The van der Waals surface area contributed by atoms with Gasteiger partial charge in [0.15, 0.2) is 6.29 Å². The van der Waals surface area contributed by atoms with Gasteiger partial charge in [-0.15, -0.1) is 0 Å². The summed E-state index contributed by atoms with van der Waals surface area (Å²) in [5.41, 5.74) is 0.466. The lowest BCUT2D eigenvalue weighted by atomic mass is 10.2. The molecule has 1 aromatic rings. The van der Waals surface area contributed by atoms with E-state index in [1.165, 1.54) is 0 Å². The Morgan fingerprint density at radius 2 is 1.95 bits per heavy atom. The Morgan fingerprint density at radius 3 is 2.53 bits per heavy atom. The summed E-state index contributed by atoms with van der Waals surface area (Å²) >= 11 is 5.88. The first kappa shape index (κ1) is 15.8. The summed E-state index contributed by atoms with van der Waals surface area (Å²) < 4.78 is 16.4. The average Bonchev–Trinajstić information content (AvgIpc) is 2.39. The molecule has 0 saturated carbocycles. The van der Waals surface area contributed by atoms with Crippen molar-refractivity contribution >= 4 is 11.6 Å².